The van der Waals surface area contributed by atoms with Crippen LogP contribution in [-0.2, 0) is 13.1 Å². The van der Waals surface area contributed by atoms with Crippen molar-refractivity contribution in [2.75, 3.05) is 11.4 Å². The Morgan fingerprint density at radius 2 is 1.59 bits per heavy atom. The summed E-state index contributed by atoms with van der Waals surface area (Å²) in [6, 6.07) is 27.1. The molecule has 0 aliphatic carbocycles. The number of aryl methyl sites for hydroxylation is 1. The second kappa shape index (κ2) is 10.8. The Bertz CT molecular complexity index is 1880. The molecule has 0 atom stereocenters. The maximum absolute atomic E-state index is 13.9. The standard InChI is InChI=1S/C32H31N4OS2/c1-4-33-24-16-10-12-18-27(24)38-30(33)21-20-26-32(37)35(6-3)29(36(26)23-14-8-7-9-15-23)22-31-34(5-2)25-17-11-13-19-28(25)39-31/h7-22H,4-6H2,1-3H3/q+1/b26-20+,30-21?. The number of para-hydroxylation sites is 3. The molecular formula is C32H31N4OS2+. The van der Waals surface area contributed by atoms with Crippen LogP contribution in [-0.4, -0.2) is 15.7 Å². The number of fused-ring (bicyclic) bond motifs is 2. The summed E-state index contributed by atoms with van der Waals surface area (Å²) in [6.45, 7) is 8.67. The lowest BCUT2D eigenvalue weighted by atomic mass is 10.3. The summed E-state index contributed by atoms with van der Waals surface area (Å²) in [7, 11) is 0. The maximum atomic E-state index is 13.9. The van der Waals surface area contributed by atoms with Crippen molar-refractivity contribution in [2.45, 2.75) is 38.8 Å². The third kappa shape index (κ3) is 4.45. The molecule has 39 heavy (non-hydrogen) atoms. The molecule has 7 heteroatoms. The van der Waals surface area contributed by atoms with E-state index in [1.165, 1.54) is 20.8 Å². The minimum Gasteiger partial charge on any atom is -0.335 e. The fraction of sp³-hybridized carbons (Fsp3) is 0.188. The van der Waals surface area contributed by atoms with Crippen LogP contribution in [0.15, 0.2) is 99.7 Å². The highest BCUT2D eigenvalue weighted by Crippen LogP contribution is 2.45. The number of nitrogens with zero attached hydrogens (tertiary/aromatic N) is 4. The lowest BCUT2D eigenvalue weighted by Gasteiger charge is -2.17. The Morgan fingerprint density at radius 1 is 0.846 bits per heavy atom. The molecular weight excluding hydrogens is 521 g/mol. The summed E-state index contributed by atoms with van der Waals surface area (Å²) in [5.74, 6) is 0. The van der Waals surface area contributed by atoms with E-state index in [9.17, 15) is 4.79 Å². The Morgan fingerprint density at radius 3 is 2.36 bits per heavy atom. The van der Waals surface area contributed by atoms with Crippen molar-refractivity contribution in [1.82, 2.24) is 9.13 Å². The Balaban J connectivity index is 1.62. The molecule has 2 aromatic heterocycles. The van der Waals surface area contributed by atoms with Crippen molar-refractivity contribution in [2.24, 2.45) is 0 Å². The summed E-state index contributed by atoms with van der Waals surface area (Å²) in [5.41, 5.74) is 4.29. The van der Waals surface area contributed by atoms with E-state index in [1.807, 2.05) is 35.8 Å². The molecule has 196 valence electrons. The molecule has 0 spiro atoms. The molecule has 0 N–H and O–H groups in total. The van der Waals surface area contributed by atoms with Gasteiger partial charge in [-0.3, -0.25) is 13.9 Å². The largest absolute Gasteiger partial charge is 0.335 e. The molecule has 5 aromatic rings. The number of anilines is 1. The van der Waals surface area contributed by atoms with Gasteiger partial charge in [0.1, 0.15) is 22.1 Å². The molecule has 3 heterocycles. The van der Waals surface area contributed by atoms with Crippen molar-refractivity contribution in [1.29, 1.82) is 0 Å². The van der Waals surface area contributed by atoms with Crippen molar-refractivity contribution < 1.29 is 4.57 Å². The van der Waals surface area contributed by atoms with E-state index < -0.39 is 0 Å². The number of benzene rings is 3. The molecule has 5 nitrogen and oxygen atoms in total. The average molecular weight is 552 g/mol. The summed E-state index contributed by atoms with van der Waals surface area (Å²) in [4.78, 5) is 17.5. The van der Waals surface area contributed by atoms with Crippen LogP contribution in [0.2, 0.25) is 0 Å². The SMILES string of the molecule is CCN1C(=C/C=c2\c(=O)n(CC)c(=Cc3sc4ccccc4[n+]3CC)n2-c2ccccc2)Sc2ccccc21. The van der Waals surface area contributed by atoms with E-state index in [1.54, 1.807) is 23.1 Å². The second-order valence-electron chi connectivity index (χ2n) is 9.25. The van der Waals surface area contributed by atoms with Crippen molar-refractivity contribution in [3.8, 4) is 5.69 Å². The zero-order valence-electron chi connectivity index (χ0n) is 22.4. The molecule has 0 radical (unpaired) electrons. The summed E-state index contributed by atoms with van der Waals surface area (Å²) >= 11 is 3.51. The first kappa shape index (κ1) is 25.5. The zero-order chi connectivity index (χ0) is 26.9. The number of hydrogen-bond donors (Lipinski definition) is 0. The summed E-state index contributed by atoms with van der Waals surface area (Å²) in [6.07, 6.45) is 6.27. The highest BCUT2D eigenvalue weighted by atomic mass is 32.2. The number of imidazole rings is 1. The quantitative estimate of drug-likeness (QED) is 0.270. The minimum absolute atomic E-state index is 0.0113. The zero-order valence-corrected chi connectivity index (χ0v) is 24.0. The molecule has 0 unspecified atom stereocenters. The van der Waals surface area contributed by atoms with Crippen LogP contribution in [0.5, 0.6) is 0 Å². The molecule has 0 saturated heterocycles. The van der Waals surface area contributed by atoms with Gasteiger partial charge in [0, 0.05) is 29.7 Å². The first-order valence-electron chi connectivity index (χ1n) is 13.4. The van der Waals surface area contributed by atoms with Gasteiger partial charge < -0.3 is 4.90 Å². The number of allylic oxidation sites excluding steroid dienone is 1. The lowest BCUT2D eigenvalue weighted by molar-refractivity contribution is -0.665. The lowest BCUT2D eigenvalue weighted by Crippen LogP contribution is -2.36. The second-order valence-corrected chi connectivity index (χ2v) is 11.4. The van der Waals surface area contributed by atoms with E-state index >= 15 is 0 Å². The highest BCUT2D eigenvalue weighted by molar-refractivity contribution is 8.03. The molecule has 1 aliphatic heterocycles. The fourth-order valence-electron chi connectivity index (χ4n) is 5.27. The molecule has 0 bridgehead atoms. The highest BCUT2D eigenvalue weighted by Gasteiger charge is 2.23. The van der Waals surface area contributed by atoms with Crippen molar-refractivity contribution in [3.05, 3.63) is 116 Å². The van der Waals surface area contributed by atoms with E-state index in [0.29, 0.717) is 11.9 Å². The molecule has 3 aromatic carbocycles. The van der Waals surface area contributed by atoms with Gasteiger partial charge in [0.05, 0.1) is 16.8 Å². The van der Waals surface area contributed by atoms with E-state index in [-0.39, 0.29) is 5.56 Å². The molecule has 0 fully saturated rings. The predicted octanol–water partition coefficient (Wildman–Crippen LogP) is 5.26. The van der Waals surface area contributed by atoms with E-state index in [2.05, 4.69) is 101 Å². The van der Waals surface area contributed by atoms with Crippen molar-refractivity contribution in [3.63, 3.8) is 0 Å². The van der Waals surface area contributed by atoms with Crippen LogP contribution >= 0.6 is 23.1 Å². The van der Waals surface area contributed by atoms with Crippen LogP contribution in [0, 0.1) is 0 Å². The van der Waals surface area contributed by atoms with E-state index in [4.69, 9.17) is 0 Å². The predicted molar refractivity (Wildman–Crippen MR) is 164 cm³/mol. The number of aromatic nitrogens is 3. The van der Waals surface area contributed by atoms with Crippen LogP contribution in [0.1, 0.15) is 25.8 Å². The number of thioether (sulfide) groups is 1. The fourth-order valence-corrected chi connectivity index (χ4v) is 7.56. The van der Waals surface area contributed by atoms with Gasteiger partial charge in [-0.1, -0.05) is 65.6 Å². The Hall–Kier alpha value is -3.81. The topological polar surface area (TPSA) is 34.0 Å². The smallest absolute Gasteiger partial charge is 0.276 e. The van der Waals surface area contributed by atoms with Gasteiger partial charge >= 0.3 is 0 Å². The van der Waals surface area contributed by atoms with Gasteiger partial charge in [-0.25, -0.2) is 0 Å². The third-order valence-corrected chi connectivity index (χ3v) is 9.33. The van der Waals surface area contributed by atoms with Gasteiger partial charge in [0.25, 0.3) is 10.6 Å². The maximum Gasteiger partial charge on any atom is 0.276 e. The average Bonchev–Trinajstić information content (AvgIpc) is 3.60. The minimum atomic E-state index is 0.0113. The molecule has 1 aliphatic rings. The number of hydrogen-bond acceptors (Lipinski definition) is 4. The van der Waals surface area contributed by atoms with Gasteiger partial charge in [0.15, 0.2) is 0 Å². The van der Waals surface area contributed by atoms with E-state index in [0.717, 1.165) is 34.3 Å². The Labute approximate surface area is 236 Å². The van der Waals surface area contributed by atoms with Crippen LogP contribution in [0.4, 0.5) is 5.69 Å². The van der Waals surface area contributed by atoms with Crippen LogP contribution < -0.4 is 25.9 Å². The molecule has 6 rings (SSSR count). The number of rotatable bonds is 6. The first-order valence-corrected chi connectivity index (χ1v) is 15.0. The van der Waals surface area contributed by atoms with Gasteiger partial charge in [-0.2, -0.15) is 4.57 Å². The third-order valence-electron chi connectivity index (χ3n) is 7.08. The van der Waals surface area contributed by atoms with Gasteiger partial charge in [-0.05, 0) is 63.3 Å². The Kier molecular flexibility index (Phi) is 7.02. The number of thiazole rings is 1. The molecule has 0 saturated carbocycles. The summed E-state index contributed by atoms with van der Waals surface area (Å²) < 4.78 is 7.55. The monoisotopic (exact) mass is 551 g/mol. The van der Waals surface area contributed by atoms with Crippen molar-refractivity contribution >= 4 is 51.2 Å². The van der Waals surface area contributed by atoms with Gasteiger partial charge in [-0.15, -0.1) is 0 Å². The van der Waals surface area contributed by atoms with Gasteiger partial charge in [0.2, 0.25) is 5.52 Å². The first-order chi connectivity index (χ1) is 19.1. The normalized spacial score (nSPS) is 15.2. The summed E-state index contributed by atoms with van der Waals surface area (Å²) in [5, 5.41) is 2.90. The van der Waals surface area contributed by atoms with Crippen LogP contribution in [0.3, 0.4) is 0 Å². The molecule has 0 amide bonds. The van der Waals surface area contributed by atoms with Crippen LogP contribution in [0.25, 0.3) is 28.1 Å².